The lowest BCUT2D eigenvalue weighted by atomic mass is 10.1. The number of rotatable bonds is 13. The van der Waals surface area contributed by atoms with Crippen LogP contribution in [0.25, 0.3) is 10.8 Å². The first-order valence-electron chi connectivity index (χ1n) is 9.72. The Morgan fingerprint density at radius 1 is 0.680 bits per heavy atom. The van der Waals surface area contributed by atoms with E-state index in [1.54, 1.807) is 0 Å². The van der Waals surface area contributed by atoms with Gasteiger partial charge in [0.15, 0.2) is 0 Å². The van der Waals surface area contributed by atoms with Gasteiger partial charge in [-0.25, -0.2) is 0 Å². The van der Waals surface area contributed by atoms with Gasteiger partial charge in [0.2, 0.25) is 0 Å². The predicted octanol–water partition coefficient (Wildman–Crippen LogP) is 6.87. The second-order valence-corrected chi connectivity index (χ2v) is 7.68. The summed E-state index contributed by atoms with van der Waals surface area (Å²) in [6, 6.07) is 12.6. The van der Waals surface area contributed by atoms with E-state index in [2.05, 4.69) is 52.3 Å². The van der Waals surface area contributed by atoms with Crippen molar-refractivity contribution in [1.29, 1.82) is 0 Å². The van der Waals surface area contributed by atoms with E-state index in [0.717, 1.165) is 29.7 Å². The Labute approximate surface area is 160 Å². The number of fused-ring (bicyclic) bond motifs is 1. The summed E-state index contributed by atoms with van der Waals surface area (Å²) in [6.07, 6.45) is 12.5. The lowest BCUT2D eigenvalue weighted by Crippen LogP contribution is -1.97. The average molecular weight is 407 g/mol. The number of halogens is 1. The SMILES string of the molecule is OCCCCCCCCCCCCOc1ccc2cc(Br)ccc2c1. The molecule has 1 N–H and O–H groups in total. The maximum Gasteiger partial charge on any atom is 0.119 e. The van der Waals surface area contributed by atoms with E-state index in [1.807, 2.05) is 0 Å². The van der Waals surface area contributed by atoms with Crippen LogP contribution in [0.1, 0.15) is 64.2 Å². The number of hydrogen-bond donors (Lipinski definition) is 1. The minimum Gasteiger partial charge on any atom is -0.494 e. The Kier molecular flexibility index (Phi) is 9.98. The topological polar surface area (TPSA) is 29.5 Å². The van der Waals surface area contributed by atoms with Gasteiger partial charge in [0.05, 0.1) is 6.61 Å². The molecule has 0 bridgehead atoms. The van der Waals surface area contributed by atoms with Crippen molar-refractivity contribution >= 4 is 26.7 Å². The van der Waals surface area contributed by atoms with Gasteiger partial charge >= 0.3 is 0 Å². The monoisotopic (exact) mass is 406 g/mol. The Morgan fingerprint density at radius 3 is 1.92 bits per heavy atom. The summed E-state index contributed by atoms with van der Waals surface area (Å²) >= 11 is 3.51. The van der Waals surface area contributed by atoms with Crippen LogP contribution < -0.4 is 4.74 Å². The Morgan fingerprint density at radius 2 is 1.24 bits per heavy atom. The van der Waals surface area contributed by atoms with E-state index >= 15 is 0 Å². The molecular weight excluding hydrogens is 376 g/mol. The molecule has 0 aliphatic heterocycles. The van der Waals surface area contributed by atoms with Crippen LogP contribution in [0, 0.1) is 0 Å². The van der Waals surface area contributed by atoms with Crippen molar-refractivity contribution in [3.63, 3.8) is 0 Å². The lowest BCUT2D eigenvalue weighted by Gasteiger charge is -2.08. The average Bonchev–Trinajstić information content (AvgIpc) is 2.62. The summed E-state index contributed by atoms with van der Waals surface area (Å²) in [5.41, 5.74) is 0. The molecule has 0 aliphatic rings. The first-order valence-corrected chi connectivity index (χ1v) is 10.5. The minimum atomic E-state index is 0.346. The van der Waals surface area contributed by atoms with Crippen molar-refractivity contribution in [1.82, 2.24) is 0 Å². The molecule has 25 heavy (non-hydrogen) atoms. The zero-order chi connectivity index (χ0) is 17.7. The third-order valence-corrected chi connectivity index (χ3v) is 5.09. The number of benzene rings is 2. The fourth-order valence-electron chi connectivity index (χ4n) is 3.10. The summed E-state index contributed by atoms with van der Waals surface area (Å²) in [5.74, 6) is 0.970. The maximum atomic E-state index is 8.73. The molecule has 2 aromatic rings. The molecule has 138 valence electrons. The zero-order valence-electron chi connectivity index (χ0n) is 15.2. The molecule has 0 atom stereocenters. The molecule has 0 unspecified atom stereocenters. The number of unbranched alkanes of at least 4 members (excludes halogenated alkanes) is 9. The van der Waals surface area contributed by atoms with E-state index in [-0.39, 0.29) is 0 Å². The molecule has 0 aromatic heterocycles. The highest BCUT2D eigenvalue weighted by Crippen LogP contribution is 2.24. The highest BCUT2D eigenvalue weighted by Gasteiger charge is 1.99. The van der Waals surface area contributed by atoms with Gasteiger partial charge in [0.1, 0.15) is 5.75 Å². The molecule has 2 aromatic carbocycles. The Balaban J connectivity index is 1.50. The molecule has 0 heterocycles. The van der Waals surface area contributed by atoms with Gasteiger partial charge < -0.3 is 9.84 Å². The van der Waals surface area contributed by atoms with E-state index < -0.39 is 0 Å². The van der Waals surface area contributed by atoms with Gasteiger partial charge in [-0.3, -0.25) is 0 Å². The normalized spacial score (nSPS) is 11.1. The van der Waals surface area contributed by atoms with Gasteiger partial charge in [-0.15, -0.1) is 0 Å². The van der Waals surface area contributed by atoms with Crippen LogP contribution in [0.2, 0.25) is 0 Å². The summed E-state index contributed by atoms with van der Waals surface area (Å²) in [6.45, 7) is 1.16. The van der Waals surface area contributed by atoms with E-state index in [1.165, 1.54) is 62.1 Å². The highest BCUT2D eigenvalue weighted by molar-refractivity contribution is 9.10. The van der Waals surface area contributed by atoms with Gasteiger partial charge in [0, 0.05) is 11.1 Å². The van der Waals surface area contributed by atoms with Gasteiger partial charge in [0.25, 0.3) is 0 Å². The van der Waals surface area contributed by atoms with Crippen LogP contribution in [0.3, 0.4) is 0 Å². The zero-order valence-corrected chi connectivity index (χ0v) is 16.8. The summed E-state index contributed by atoms with van der Waals surface area (Å²) in [4.78, 5) is 0. The van der Waals surface area contributed by atoms with Gasteiger partial charge in [-0.1, -0.05) is 79.4 Å². The molecule has 0 amide bonds. The smallest absolute Gasteiger partial charge is 0.119 e. The standard InChI is InChI=1S/C22H31BrO2/c23-21-13-11-20-18-22(14-12-19(20)17-21)25-16-10-8-6-4-2-1-3-5-7-9-15-24/h11-14,17-18,24H,1-10,15-16H2. The van der Waals surface area contributed by atoms with Crippen LogP contribution in [-0.2, 0) is 0 Å². The first kappa shape index (κ1) is 20.3. The second-order valence-electron chi connectivity index (χ2n) is 6.76. The molecule has 0 aliphatic carbocycles. The number of aliphatic hydroxyl groups is 1. The predicted molar refractivity (Wildman–Crippen MR) is 110 cm³/mol. The van der Waals surface area contributed by atoms with Crippen molar-refractivity contribution in [3.8, 4) is 5.75 Å². The Bertz CT molecular complexity index is 612. The molecule has 0 saturated carbocycles. The van der Waals surface area contributed by atoms with Crippen molar-refractivity contribution in [2.45, 2.75) is 64.2 Å². The van der Waals surface area contributed by atoms with E-state index in [4.69, 9.17) is 9.84 Å². The van der Waals surface area contributed by atoms with Crippen LogP contribution in [0.15, 0.2) is 40.9 Å². The Hall–Kier alpha value is -1.06. The maximum absolute atomic E-state index is 8.73. The molecular formula is C22H31BrO2. The van der Waals surface area contributed by atoms with Crippen molar-refractivity contribution in [2.75, 3.05) is 13.2 Å². The number of hydrogen-bond acceptors (Lipinski definition) is 2. The quantitative estimate of drug-likeness (QED) is 0.367. The summed E-state index contributed by atoms with van der Waals surface area (Å²) < 4.78 is 7.00. The van der Waals surface area contributed by atoms with Crippen LogP contribution >= 0.6 is 15.9 Å². The largest absolute Gasteiger partial charge is 0.494 e. The first-order chi connectivity index (χ1) is 12.3. The summed E-state index contributed by atoms with van der Waals surface area (Å²) in [7, 11) is 0. The van der Waals surface area contributed by atoms with Crippen LogP contribution in [-0.4, -0.2) is 18.3 Å². The molecule has 0 saturated heterocycles. The molecule has 2 nitrogen and oxygen atoms in total. The third-order valence-electron chi connectivity index (χ3n) is 4.59. The fraction of sp³-hybridized carbons (Fsp3) is 0.545. The van der Waals surface area contributed by atoms with Gasteiger partial charge in [-0.05, 0) is 47.9 Å². The summed E-state index contributed by atoms with van der Waals surface area (Å²) in [5, 5.41) is 11.2. The van der Waals surface area contributed by atoms with E-state index in [0.29, 0.717) is 6.61 Å². The number of ether oxygens (including phenoxy) is 1. The second kappa shape index (κ2) is 12.3. The molecule has 0 fully saturated rings. The van der Waals surface area contributed by atoms with Crippen molar-refractivity contribution in [2.24, 2.45) is 0 Å². The van der Waals surface area contributed by atoms with Crippen molar-refractivity contribution in [3.05, 3.63) is 40.9 Å². The highest BCUT2D eigenvalue weighted by atomic mass is 79.9. The van der Waals surface area contributed by atoms with Crippen molar-refractivity contribution < 1.29 is 9.84 Å². The molecule has 0 spiro atoms. The van der Waals surface area contributed by atoms with Crippen LogP contribution in [0.4, 0.5) is 0 Å². The lowest BCUT2D eigenvalue weighted by molar-refractivity contribution is 0.282. The van der Waals surface area contributed by atoms with Crippen LogP contribution in [0.5, 0.6) is 5.75 Å². The number of aliphatic hydroxyl groups excluding tert-OH is 1. The minimum absolute atomic E-state index is 0.346. The van der Waals surface area contributed by atoms with E-state index in [9.17, 15) is 0 Å². The third kappa shape index (κ3) is 8.24. The van der Waals surface area contributed by atoms with Gasteiger partial charge in [-0.2, -0.15) is 0 Å². The molecule has 3 heteroatoms. The molecule has 0 radical (unpaired) electrons. The molecule has 2 rings (SSSR count). The fourth-order valence-corrected chi connectivity index (χ4v) is 3.48.